The van der Waals surface area contributed by atoms with Crippen LogP contribution in [0.3, 0.4) is 0 Å². The molecule has 0 radical (unpaired) electrons. The van der Waals surface area contributed by atoms with Gasteiger partial charge in [-0.1, -0.05) is 36.7 Å². The SMILES string of the molecule is CCN(Cc1cccc(F)c1)C(=O)CSc1n[nH]c(C2CCCC2)n1. The molecule has 0 aliphatic heterocycles. The maximum absolute atomic E-state index is 13.3. The number of H-pyrrole nitrogens is 1. The lowest BCUT2D eigenvalue weighted by atomic mass is 10.1. The van der Waals surface area contributed by atoms with Crippen molar-refractivity contribution < 1.29 is 9.18 Å². The molecule has 0 atom stereocenters. The highest BCUT2D eigenvalue weighted by atomic mass is 32.2. The average molecular weight is 362 g/mol. The summed E-state index contributed by atoms with van der Waals surface area (Å²) in [4.78, 5) is 18.7. The zero-order valence-corrected chi connectivity index (χ0v) is 15.2. The summed E-state index contributed by atoms with van der Waals surface area (Å²) in [6.07, 6.45) is 4.82. The molecule has 0 bridgehead atoms. The second-order valence-electron chi connectivity index (χ2n) is 6.31. The summed E-state index contributed by atoms with van der Waals surface area (Å²) < 4.78 is 13.3. The van der Waals surface area contributed by atoms with Crippen LogP contribution in [-0.2, 0) is 11.3 Å². The molecule has 1 aromatic carbocycles. The van der Waals surface area contributed by atoms with Gasteiger partial charge in [0.1, 0.15) is 11.6 Å². The summed E-state index contributed by atoms with van der Waals surface area (Å²) in [6.45, 7) is 2.92. The van der Waals surface area contributed by atoms with E-state index in [1.807, 2.05) is 13.0 Å². The van der Waals surface area contributed by atoms with Crippen molar-refractivity contribution in [1.29, 1.82) is 0 Å². The van der Waals surface area contributed by atoms with E-state index in [1.54, 1.807) is 11.0 Å². The Morgan fingerprint density at radius 2 is 2.20 bits per heavy atom. The van der Waals surface area contributed by atoms with Crippen molar-refractivity contribution in [2.75, 3.05) is 12.3 Å². The largest absolute Gasteiger partial charge is 0.338 e. The molecular weight excluding hydrogens is 339 g/mol. The van der Waals surface area contributed by atoms with Crippen LogP contribution in [0.15, 0.2) is 29.4 Å². The van der Waals surface area contributed by atoms with E-state index in [9.17, 15) is 9.18 Å². The van der Waals surface area contributed by atoms with Crippen LogP contribution in [0.5, 0.6) is 0 Å². The molecule has 0 spiro atoms. The summed E-state index contributed by atoms with van der Waals surface area (Å²) in [5.41, 5.74) is 0.793. The minimum atomic E-state index is -0.282. The third-order valence-electron chi connectivity index (χ3n) is 4.55. The van der Waals surface area contributed by atoms with Gasteiger partial charge in [-0.15, -0.1) is 5.10 Å². The molecule has 1 N–H and O–H groups in total. The van der Waals surface area contributed by atoms with Crippen molar-refractivity contribution in [1.82, 2.24) is 20.1 Å². The first kappa shape index (κ1) is 17.9. The van der Waals surface area contributed by atoms with E-state index < -0.39 is 0 Å². The number of halogens is 1. The van der Waals surface area contributed by atoms with E-state index in [0.717, 1.165) is 24.2 Å². The van der Waals surface area contributed by atoms with Gasteiger partial charge in [0.25, 0.3) is 0 Å². The third kappa shape index (κ3) is 4.81. The van der Waals surface area contributed by atoms with Crippen LogP contribution in [0.25, 0.3) is 0 Å². The summed E-state index contributed by atoms with van der Waals surface area (Å²) >= 11 is 1.35. The fourth-order valence-corrected chi connectivity index (χ4v) is 3.86. The number of benzene rings is 1. The quantitative estimate of drug-likeness (QED) is 0.762. The number of hydrogen-bond acceptors (Lipinski definition) is 4. The van der Waals surface area contributed by atoms with E-state index >= 15 is 0 Å². The van der Waals surface area contributed by atoms with Crippen molar-refractivity contribution in [2.24, 2.45) is 0 Å². The standard InChI is InChI=1S/C18H23FN4OS/c1-2-23(11-13-6-5-9-15(19)10-13)16(24)12-25-18-20-17(21-22-18)14-7-3-4-8-14/h5-6,9-10,14H,2-4,7-8,11-12H2,1H3,(H,20,21,22). The Morgan fingerprint density at radius 3 is 2.92 bits per heavy atom. The van der Waals surface area contributed by atoms with Crippen LogP contribution in [0.2, 0.25) is 0 Å². The van der Waals surface area contributed by atoms with Gasteiger partial charge in [-0.2, -0.15) is 0 Å². The van der Waals surface area contributed by atoms with Crippen LogP contribution in [0.1, 0.15) is 49.9 Å². The Labute approximate surface area is 151 Å². The topological polar surface area (TPSA) is 61.9 Å². The normalized spacial score (nSPS) is 14.8. The number of aromatic nitrogens is 3. The smallest absolute Gasteiger partial charge is 0.233 e. The number of carbonyl (C=O) groups is 1. The van der Waals surface area contributed by atoms with Gasteiger partial charge >= 0.3 is 0 Å². The van der Waals surface area contributed by atoms with Gasteiger partial charge in [-0.3, -0.25) is 9.89 Å². The fraction of sp³-hybridized carbons (Fsp3) is 0.500. The maximum atomic E-state index is 13.3. The number of carbonyl (C=O) groups excluding carboxylic acids is 1. The first-order valence-electron chi connectivity index (χ1n) is 8.73. The van der Waals surface area contributed by atoms with E-state index in [4.69, 9.17) is 0 Å². The molecule has 1 saturated carbocycles. The van der Waals surface area contributed by atoms with Gasteiger partial charge in [-0.25, -0.2) is 9.37 Å². The third-order valence-corrected chi connectivity index (χ3v) is 5.38. The molecule has 1 aliphatic rings. The van der Waals surface area contributed by atoms with E-state index in [0.29, 0.717) is 24.2 Å². The molecule has 0 unspecified atom stereocenters. The molecule has 1 amide bonds. The molecule has 3 rings (SSSR count). The number of nitrogens with one attached hydrogen (secondary N) is 1. The monoisotopic (exact) mass is 362 g/mol. The van der Waals surface area contributed by atoms with E-state index in [2.05, 4.69) is 15.2 Å². The molecule has 1 aromatic heterocycles. The lowest BCUT2D eigenvalue weighted by molar-refractivity contribution is -0.128. The summed E-state index contributed by atoms with van der Waals surface area (Å²) in [5, 5.41) is 7.85. The average Bonchev–Trinajstić information content (AvgIpc) is 3.28. The zero-order valence-electron chi connectivity index (χ0n) is 14.4. The Balaban J connectivity index is 1.53. The lowest BCUT2D eigenvalue weighted by Gasteiger charge is -2.20. The second-order valence-corrected chi connectivity index (χ2v) is 7.25. The van der Waals surface area contributed by atoms with Crippen LogP contribution in [0, 0.1) is 5.82 Å². The van der Waals surface area contributed by atoms with Crippen LogP contribution in [0.4, 0.5) is 4.39 Å². The molecule has 5 nitrogen and oxygen atoms in total. The molecule has 1 heterocycles. The predicted octanol–water partition coefficient (Wildman–Crippen LogP) is 3.74. The van der Waals surface area contributed by atoms with Gasteiger partial charge in [0.2, 0.25) is 11.1 Å². The Bertz CT molecular complexity index is 715. The molecule has 7 heteroatoms. The molecule has 0 saturated heterocycles. The van der Waals surface area contributed by atoms with Gasteiger partial charge < -0.3 is 4.90 Å². The Morgan fingerprint density at radius 1 is 1.40 bits per heavy atom. The van der Waals surface area contributed by atoms with Crippen molar-refractivity contribution >= 4 is 17.7 Å². The summed E-state index contributed by atoms with van der Waals surface area (Å²) in [7, 11) is 0. The Hall–Kier alpha value is -1.89. The zero-order chi connectivity index (χ0) is 17.6. The van der Waals surface area contributed by atoms with Gasteiger partial charge in [0.15, 0.2) is 0 Å². The summed E-state index contributed by atoms with van der Waals surface area (Å²) in [5.74, 6) is 1.43. The Kier molecular flexibility index (Phi) is 6.07. The van der Waals surface area contributed by atoms with Gasteiger partial charge in [0, 0.05) is 19.0 Å². The number of amides is 1. The van der Waals surface area contributed by atoms with Crippen molar-refractivity contribution in [3.63, 3.8) is 0 Å². The van der Waals surface area contributed by atoms with E-state index in [1.165, 1.54) is 36.7 Å². The highest BCUT2D eigenvalue weighted by molar-refractivity contribution is 7.99. The fourth-order valence-electron chi connectivity index (χ4n) is 3.15. The first-order chi connectivity index (χ1) is 12.2. The van der Waals surface area contributed by atoms with Gasteiger partial charge in [-0.05, 0) is 37.5 Å². The maximum Gasteiger partial charge on any atom is 0.233 e. The second kappa shape index (κ2) is 8.47. The number of aromatic amines is 1. The minimum Gasteiger partial charge on any atom is -0.338 e. The molecule has 1 fully saturated rings. The van der Waals surface area contributed by atoms with Gasteiger partial charge in [0.05, 0.1) is 5.75 Å². The van der Waals surface area contributed by atoms with Crippen molar-refractivity contribution in [2.45, 2.75) is 50.2 Å². The van der Waals surface area contributed by atoms with Crippen molar-refractivity contribution in [3.05, 3.63) is 41.5 Å². The summed E-state index contributed by atoms with van der Waals surface area (Å²) in [6, 6.07) is 6.36. The van der Waals surface area contributed by atoms with Crippen LogP contribution >= 0.6 is 11.8 Å². The molecular formula is C18H23FN4OS. The van der Waals surface area contributed by atoms with Crippen LogP contribution < -0.4 is 0 Å². The molecule has 25 heavy (non-hydrogen) atoms. The highest BCUT2D eigenvalue weighted by Crippen LogP contribution is 2.32. The lowest BCUT2D eigenvalue weighted by Crippen LogP contribution is -2.31. The predicted molar refractivity (Wildman–Crippen MR) is 95.8 cm³/mol. The number of hydrogen-bond donors (Lipinski definition) is 1. The molecule has 134 valence electrons. The first-order valence-corrected chi connectivity index (χ1v) is 9.71. The molecule has 2 aromatic rings. The van der Waals surface area contributed by atoms with E-state index in [-0.39, 0.29) is 17.5 Å². The number of thioether (sulfide) groups is 1. The molecule has 1 aliphatic carbocycles. The van der Waals surface area contributed by atoms with Crippen LogP contribution in [-0.4, -0.2) is 38.3 Å². The number of nitrogens with zero attached hydrogens (tertiary/aromatic N) is 3. The number of rotatable bonds is 7. The minimum absolute atomic E-state index is 0.00368. The highest BCUT2D eigenvalue weighted by Gasteiger charge is 2.21. The van der Waals surface area contributed by atoms with Crippen molar-refractivity contribution in [3.8, 4) is 0 Å².